The van der Waals surface area contributed by atoms with Crippen molar-refractivity contribution < 1.29 is 24.6 Å². The molecule has 0 aliphatic rings. The molecule has 0 bridgehead atoms. The van der Waals surface area contributed by atoms with Crippen LogP contribution < -0.4 is 21.9 Å². The fourth-order valence-electron chi connectivity index (χ4n) is 3.35. The molecule has 0 radical (unpaired) electrons. The average molecular weight is 483 g/mol. The van der Waals surface area contributed by atoms with Gasteiger partial charge in [-0.1, -0.05) is 13.8 Å². The monoisotopic (exact) mass is 483 g/mol. The predicted molar refractivity (Wildman–Crippen MR) is 126 cm³/mol. The number of carboxylic acids is 2. The Labute approximate surface area is 198 Å². The Morgan fingerprint density at radius 1 is 1.17 bits per heavy atom. The minimum absolute atomic E-state index is 0.00485. The third-order valence-corrected chi connectivity index (χ3v) is 5.13. The van der Waals surface area contributed by atoms with E-state index in [1.807, 2.05) is 13.8 Å². The number of aromatic amines is 1. The van der Waals surface area contributed by atoms with E-state index in [1.54, 1.807) is 12.1 Å². The number of H-pyrrole nitrogens is 1. The van der Waals surface area contributed by atoms with Gasteiger partial charge in [-0.15, -0.1) is 0 Å². The number of carboxylic acid groups (broad SMARTS) is 2. The number of aliphatic carboxylic acids is 2. The zero-order chi connectivity index (χ0) is 25.7. The molecule has 0 aliphatic heterocycles. The molecule has 1 aromatic carbocycles. The highest BCUT2D eigenvalue weighted by atomic mass is 16.4. The highest BCUT2D eigenvalue weighted by Gasteiger charge is 2.22. The van der Waals surface area contributed by atoms with E-state index in [9.17, 15) is 24.3 Å². The molecule has 1 amide bonds. The van der Waals surface area contributed by atoms with Crippen molar-refractivity contribution in [1.29, 1.82) is 0 Å². The lowest BCUT2D eigenvalue weighted by Crippen LogP contribution is -2.41. The molecule has 0 saturated carbocycles. The molecule has 184 valence electrons. The van der Waals surface area contributed by atoms with E-state index in [-0.39, 0.29) is 48.0 Å². The Morgan fingerprint density at radius 3 is 2.57 bits per heavy atom. The van der Waals surface area contributed by atoms with Crippen LogP contribution in [-0.4, -0.2) is 54.0 Å². The first kappa shape index (κ1) is 25.1. The fraction of sp³-hybridized carbons (Fsp3) is 0.318. The summed E-state index contributed by atoms with van der Waals surface area (Å²) in [5, 5.41) is 23.7. The van der Waals surface area contributed by atoms with Crippen LogP contribution in [0.1, 0.15) is 54.2 Å². The van der Waals surface area contributed by atoms with Crippen LogP contribution in [0.15, 0.2) is 29.2 Å². The fourth-order valence-corrected chi connectivity index (χ4v) is 3.35. The van der Waals surface area contributed by atoms with E-state index in [0.717, 1.165) is 5.56 Å². The summed E-state index contributed by atoms with van der Waals surface area (Å²) >= 11 is 0. The molecule has 13 nitrogen and oxygen atoms in total. The van der Waals surface area contributed by atoms with Gasteiger partial charge in [-0.25, -0.2) is 14.8 Å². The highest BCUT2D eigenvalue weighted by Crippen LogP contribution is 2.26. The van der Waals surface area contributed by atoms with Crippen LogP contribution in [0.2, 0.25) is 0 Å². The van der Waals surface area contributed by atoms with E-state index in [0.29, 0.717) is 11.4 Å². The topological polar surface area (TPSA) is 213 Å². The number of anilines is 2. The molecule has 2 heterocycles. The molecule has 35 heavy (non-hydrogen) atoms. The molecule has 7 N–H and O–H groups in total. The van der Waals surface area contributed by atoms with Crippen molar-refractivity contribution in [2.45, 2.75) is 45.2 Å². The number of hydrogen-bond acceptors (Lipinski definition) is 9. The summed E-state index contributed by atoms with van der Waals surface area (Å²) in [5.74, 6) is -3.13. The Morgan fingerprint density at radius 2 is 1.91 bits per heavy atom. The number of nitrogens with zero attached hydrogens (tertiary/aromatic N) is 3. The summed E-state index contributed by atoms with van der Waals surface area (Å²) < 4.78 is 0. The number of carbonyl (C=O) groups excluding carboxylic acids is 1. The van der Waals surface area contributed by atoms with Crippen LogP contribution in [0.3, 0.4) is 0 Å². The van der Waals surface area contributed by atoms with Gasteiger partial charge in [-0.2, -0.15) is 4.98 Å². The zero-order valence-corrected chi connectivity index (χ0v) is 19.0. The molecule has 1 unspecified atom stereocenters. The summed E-state index contributed by atoms with van der Waals surface area (Å²) in [7, 11) is 0. The van der Waals surface area contributed by atoms with E-state index < -0.39 is 29.4 Å². The number of nitrogens with one attached hydrogen (secondary N) is 3. The summed E-state index contributed by atoms with van der Waals surface area (Å²) in [5.41, 5.74) is 7.43. The Bertz CT molecular complexity index is 1340. The lowest BCUT2D eigenvalue weighted by atomic mass is 9.98. The van der Waals surface area contributed by atoms with Crippen molar-refractivity contribution in [1.82, 2.24) is 25.3 Å². The number of nitrogen functional groups attached to an aromatic ring is 1. The molecule has 0 saturated heterocycles. The third-order valence-electron chi connectivity index (χ3n) is 5.13. The second kappa shape index (κ2) is 10.6. The molecule has 0 aliphatic carbocycles. The third kappa shape index (κ3) is 6.28. The number of rotatable bonds is 10. The maximum absolute atomic E-state index is 12.6. The van der Waals surface area contributed by atoms with E-state index >= 15 is 0 Å². The number of benzene rings is 1. The highest BCUT2D eigenvalue weighted by molar-refractivity contribution is 5.97. The summed E-state index contributed by atoms with van der Waals surface area (Å²) in [6.07, 6.45) is 0.858. The van der Waals surface area contributed by atoms with Crippen LogP contribution in [0.4, 0.5) is 11.6 Å². The Kier molecular flexibility index (Phi) is 7.59. The first-order valence-corrected chi connectivity index (χ1v) is 10.7. The van der Waals surface area contributed by atoms with Crippen molar-refractivity contribution in [3.8, 4) is 0 Å². The molecule has 0 fully saturated rings. The summed E-state index contributed by atoms with van der Waals surface area (Å²) in [6.45, 7) is 4.09. The second-order valence-electron chi connectivity index (χ2n) is 8.09. The smallest absolute Gasteiger partial charge is 0.326 e. The molecular formula is C22H25N7O6. The van der Waals surface area contributed by atoms with Crippen LogP contribution in [0.25, 0.3) is 11.2 Å². The van der Waals surface area contributed by atoms with Gasteiger partial charge in [0.05, 0.1) is 18.4 Å². The summed E-state index contributed by atoms with van der Waals surface area (Å²) in [6, 6.07) is 3.53. The van der Waals surface area contributed by atoms with Gasteiger partial charge in [0.1, 0.15) is 6.04 Å². The number of hydrogen-bond donors (Lipinski definition) is 6. The predicted octanol–water partition coefficient (Wildman–Crippen LogP) is 1.08. The van der Waals surface area contributed by atoms with Gasteiger partial charge in [0, 0.05) is 17.7 Å². The van der Waals surface area contributed by atoms with Crippen LogP contribution in [0, 0.1) is 0 Å². The number of carbonyl (C=O) groups is 3. The van der Waals surface area contributed by atoms with Crippen molar-refractivity contribution in [2.75, 3.05) is 11.1 Å². The van der Waals surface area contributed by atoms with Gasteiger partial charge in [-0.3, -0.25) is 19.4 Å². The number of fused-ring (bicyclic) bond motifs is 1. The second-order valence-corrected chi connectivity index (χ2v) is 8.09. The number of nitrogens with two attached hydrogens (primary N) is 1. The van der Waals surface area contributed by atoms with Gasteiger partial charge in [-0.05, 0) is 36.1 Å². The van der Waals surface area contributed by atoms with Crippen LogP contribution in [0.5, 0.6) is 0 Å². The van der Waals surface area contributed by atoms with Gasteiger partial charge in [0.15, 0.2) is 11.2 Å². The van der Waals surface area contributed by atoms with Gasteiger partial charge in [0.2, 0.25) is 5.95 Å². The van der Waals surface area contributed by atoms with E-state index in [2.05, 4.69) is 30.6 Å². The quantitative estimate of drug-likeness (QED) is 0.240. The maximum Gasteiger partial charge on any atom is 0.326 e. The van der Waals surface area contributed by atoms with Crippen molar-refractivity contribution >= 4 is 40.6 Å². The first-order valence-electron chi connectivity index (χ1n) is 10.7. The minimum Gasteiger partial charge on any atom is -0.481 e. The Hall–Kier alpha value is -4.55. The molecular weight excluding hydrogens is 458 g/mol. The van der Waals surface area contributed by atoms with Crippen LogP contribution >= 0.6 is 0 Å². The molecule has 0 spiro atoms. The molecule has 13 heteroatoms. The molecule has 2 aromatic heterocycles. The lowest BCUT2D eigenvalue weighted by Gasteiger charge is -2.18. The number of aromatic nitrogens is 4. The normalized spacial score (nSPS) is 11.9. The van der Waals surface area contributed by atoms with Gasteiger partial charge >= 0.3 is 11.9 Å². The van der Waals surface area contributed by atoms with E-state index in [4.69, 9.17) is 10.8 Å². The largest absolute Gasteiger partial charge is 0.481 e. The van der Waals surface area contributed by atoms with Crippen molar-refractivity contribution in [2.24, 2.45) is 0 Å². The van der Waals surface area contributed by atoms with Gasteiger partial charge < -0.3 is 26.6 Å². The zero-order valence-electron chi connectivity index (χ0n) is 19.0. The average Bonchev–Trinajstić information content (AvgIpc) is 2.79. The first-order chi connectivity index (χ1) is 16.5. The van der Waals surface area contributed by atoms with E-state index in [1.165, 1.54) is 12.3 Å². The van der Waals surface area contributed by atoms with Crippen molar-refractivity contribution in [3.63, 3.8) is 0 Å². The molecule has 3 aromatic rings. The Balaban J connectivity index is 1.77. The minimum atomic E-state index is -1.32. The SMILES string of the molecule is CC(C)c1cc(C(=O)NC(CCC(=O)O)C(=O)O)ccc1NCc1cnc2nc(N)[nH]c(=O)c2n1. The van der Waals surface area contributed by atoms with Crippen molar-refractivity contribution in [3.05, 3.63) is 51.6 Å². The standard InChI is InChI=1S/C22H25N7O6/c1-10(2)13-7-11(19(32)27-15(21(34)35)5-6-16(30)31)3-4-14(13)24-8-12-9-25-18-17(26-12)20(33)29-22(23)28-18/h3-4,7,9-10,15,24H,5-6,8H2,1-2H3,(H,27,32)(H,30,31)(H,34,35)(H3,23,25,28,29,33). The lowest BCUT2D eigenvalue weighted by molar-refractivity contribution is -0.140. The van der Waals surface area contributed by atoms with Gasteiger partial charge in [0.25, 0.3) is 11.5 Å². The maximum atomic E-state index is 12.6. The molecule has 1 atom stereocenters. The van der Waals surface area contributed by atoms with Crippen LogP contribution in [-0.2, 0) is 16.1 Å². The number of amides is 1. The molecule has 3 rings (SSSR count). The summed E-state index contributed by atoms with van der Waals surface area (Å²) in [4.78, 5) is 61.6.